The first kappa shape index (κ1) is 11.6. The summed E-state index contributed by atoms with van der Waals surface area (Å²) in [6, 6.07) is 0. The van der Waals surface area contributed by atoms with Crippen LogP contribution in [-0.4, -0.2) is 23.6 Å². The van der Waals surface area contributed by atoms with Crippen LogP contribution in [0, 0.1) is 5.92 Å². The molecule has 1 rings (SSSR count). The summed E-state index contributed by atoms with van der Waals surface area (Å²) in [6.45, 7) is 6.37. The monoisotopic (exact) mass is 214 g/mol. The Kier molecular flexibility index (Phi) is 4.52. The van der Waals surface area contributed by atoms with Crippen LogP contribution in [0.1, 0.15) is 27.2 Å². The van der Waals surface area contributed by atoms with Crippen LogP contribution in [0.3, 0.4) is 0 Å². The van der Waals surface area contributed by atoms with E-state index in [2.05, 4.69) is 6.92 Å². The predicted molar refractivity (Wildman–Crippen MR) is 60.4 cm³/mol. The van der Waals surface area contributed by atoms with Gasteiger partial charge in [-0.1, -0.05) is 13.0 Å². The fourth-order valence-electron chi connectivity index (χ4n) is 1.53. The molecule has 0 aromatic rings. The third kappa shape index (κ3) is 3.37. The summed E-state index contributed by atoms with van der Waals surface area (Å²) in [7, 11) is 0. The number of hydrogen-bond donors (Lipinski definition) is 0. The van der Waals surface area contributed by atoms with Gasteiger partial charge in [0.1, 0.15) is 0 Å². The lowest BCUT2D eigenvalue weighted by molar-refractivity contribution is -0.138. The minimum absolute atomic E-state index is 0.173. The molecule has 0 bridgehead atoms. The zero-order chi connectivity index (χ0) is 10.6. The van der Waals surface area contributed by atoms with Crippen molar-refractivity contribution in [3.63, 3.8) is 0 Å². The molecule has 2 unspecified atom stereocenters. The Bertz CT molecular complexity index is 235. The molecule has 0 aliphatic carbocycles. The summed E-state index contributed by atoms with van der Waals surface area (Å²) >= 11 is 1.93. The van der Waals surface area contributed by atoms with E-state index in [0.717, 1.165) is 11.5 Å². The molecular formula is C11H18O2S. The average molecular weight is 214 g/mol. The molecule has 1 aliphatic heterocycles. The van der Waals surface area contributed by atoms with Gasteiger partial charge >= 0.3 is 5.97 Å². The lowest BCUT2D eigenvalue weighted by Crippen LogP contribution is -2.07. The summed E-state index contributed by atoms with van der Waals surface area (Å²) in [4.78, 5) is 11.3. The Hall–Kier alpha value is -0.440. The highest BCUT2D eigenvalue weighted by Crippen LogP contribution is 2.32. The van der Waals surface area contributed by atoms with Gasteiger partial charge in [0.05, 0.1) is 6.61 Å². The molecule has 1 saturated heterocycles. The maximum absolute atomic E-state index is 11.3. The van der Waals surface area contributed by atoms with Gasteiger partial charge in [0.15, 0.2) is 0 Å². The SMILES string of the molecule is CCOC(=O)/C(C)=C/C1CC(C)CS1. The van der Waals surface area contributed by atoms with E-state index < -0.39 is 0 Å². The van der Waals surface area contributed by atoms with Crippen molar-refractivity contribution in [2.75, 3.05) is 12.4 Å². The van der Waals surface area contributed by atoms with Crippen LogP contribution >= 0.6 is 11.8 Å². The number of hydrogen-bond acceptors (Lipinski definition) is 3. The number of esters is 1. The summed E-state index contributed by atoms with van der Waals surface area (Å²) in [5.74, 6) is 1.81. The molecule has 1 aliphatic rings. The van der Waals surface area contributed by atoms with Gasteiger partial charge in [0.25, 0.3) is 0 Å². The maximum Gasteiger partial charge on any atom is 0.333 e. The molecule has 2 nitrogen and oxygen atoms in total. The van der Waals surface area contributed by atoms with Gasteiger partial charge in [-0.2, -0.15) is 11.8 Å². The van der Waals surface area contributed by atoms with Crippen LogP contribution in [0.2, 0.25) is 0 Å². The van der Waals surface area contributed by atoms with Crippen molar-refractivity contribution < 1.29 is 9.53 Å². The second-order valence-electron chi connectivity index (χ2n) is 3.78. The molecule has 0 spiro atoms. The highest BCUT2D eigenvalue weighted by Gasteiger charge is 2.21. The first-order valence-electron chi connectivity index (χ1n) is 5.10. The largest absolute Gasteiger partial charge is 0.463 e. The van der Waals surface area contributed by atoms with Crippen LogP contribution in [0.4, 0.5) is 0 Å². The van der Waals surface area contributed by atoms with Crippen LogP contribution in [0.15, 0.2) is 11.6 Å². The summed E-state index contributed by atoms with van der Waals surface area (Å²) < 4.78 is 4.92. The number of carbonyl (C=O) groups is 1. The molecule has 0 aromatic heterocycles. The number of rotatable bonds is 3. The zero-order valence-corrected chi connectivity index (χ0v) is 9.89. The molecular weight excluding hydrogens is 196 g/mol. The number of thioether (sulfide) groups is 1. The lowest BCUT2D eigenvalue weighted by Gasteiger charge is -2.05. The first-order valence-corrected chi connectivity index (χ1v) is 6.15. The van der Waals surface area contributed by atoms with Gasteiger partial charge < -0.3 is 4.74 Å². The van der Waals surface area contributed by atoms with E-state index in [1.807, 2.05) is 31.7 Å². The molecule has 0 N–H and O–H groups in total. The second-order valence-corrected chi connectivity index (χ2v) is 5.05. The van der Waals surface area contributed by atoms with E-state index in [9.17, 15) is 4.79 Å². The van der Waals surface area contributed by atoms with Crippen LogP contribution in [0.5, 0.6) is 0 Å². The van der Waals surface area contributed by atoms with Crippen molar-refractivity contribution >= 4 is 17.7 Å². The smallest absolute Gasteiger partial charge is 0.333 e. The Morgan fingerprint density at radius 3 is 2.86 bits per heavy atom. The van der Waals surface area contributed by atoms with E-state index in [-0.39, 0.29) is 5.97 Å². The van der Waals surface area contributed by atoms with Crippen LogP contribution < -0.4 is 0 Å². The fourth-order valence-corrected chi connectivity index (χ4v) is 3.01. The standard InChI is InChI=1S/C11H18O2S/c1-4-13-11(12)9(3)6-10-5-8(2)7-14-10/h6,8,10H,4-5,7H2,1-3H3/b9-6+. The minimum Gasteiger partial charge on any atom is -0.463 e. The van der Waals surface area contributed by atoms with E-state index in [1.165, 1.54) is 12.2 Å². The Morgan fingerprint density at radius 2 is 2.36 bits per heavy atom. The van der Waals surface area contributed by atoms with Crippen molar-refractivity contribution in [1.82, 2.24) is 0 Å². The van der Waals surface area contributed by atoms with Crippen molar-refractivity contribution in [1.29, 1.82) is 0 Å². The molecule has 0 radical (unpaired) electrons. The summed E-state index contributed by atoms with van der Waals surface area (Å²) in [5.41, 5.74) is 0.749. The van der Waals surface area contributed by atoms with Crippen molar-refractivity contribution in [3.05, 3.63) is 11.6 Å². The van der Waals surface area contributed by atoms with Gasteiger partial charge in [0, 0.05) is 10.8 Å². The van der Waals surface area contributed by atoms with Crippen LogP contribution in [-0.2, 0) is 9.53 Å². The van der Waals surface area contributed by atoms with Crippen LogP contribution in [0.25, 0.3) is 0 Å². The Balaban J connectivity index is 2.46. The molecule has 0 saturated carbocycles. The van der Waals surface area contributed by atoms with E-state index in [4.69, 9.17) is 4.74 Å². The Labute approximate surface area is 90.1 Å². The second kappa shape index (κ2) is 5.44. The van der Waals surface area contributed by atoms with E-state index in [0.29, 0.717) is 11.9 Å². The minimum atomic E-state index is -0.173. The fraction of sp³-hybridized carbons (Fsp3) is 0.727. The number of ether oxygens (including phenoxy) is 1. The van der Waals surface area contributed by atoms with Gasteiger partial charge in [-0.15, -0.1) is 0 Å². The van der Waals surface area contributed by atoms with Crippen molar-refractivity contribution in [2.24, 2.45) is 5.92 Å². The molecule has 2 atom stereocenters. The average Bonchev–Trinajstić information content (AvgIpc) is 2.51. The van der Waals surface area contributed by atoms with Crippen molar-refractivity contribution in [2.45, 2.75) is 32.4 Å². The Morgan fingerprint density at radius 1 is 1.64 bits per heavy atom. The molecule has 3 heteroatoms. The normalized spacial score (nSPS) is 27.8. The zero-order valence-electron chi connectivity index (χ0n) is 9.08. The summed E-state index contributed by atoms with van der Waals surface area (Å²) in [6.07, 6.45) is 3.23. The molecule has 1 heterocycles. The molecule has 0 amide bonds. The van der Waals surface area contributed by atoms with Gasteiger partial charge in [-0.3, -0.25) is 0 Å². The number of carbonyl (C=O) groups excluding carboxylic acids is 1. The van der Waals surface area contributed by atoms with Gasteiger partial charge in [-0.05, 0) is 31.9 Å². The van der Waals surface area contributed by atoms with E-state index >= 15 is 0 Å². The quantitative estimate of drug-likeness (QED) is 0.533. The molecule has 0 aromatic carbocycles. The topological polar surface area (TPSA) is 26.3 Å². The molecule has 14 heavy (non-hydrogen) atoms. The summed E-state index contributed by atoms with van der Waals surface area (Å²) in [5, 5.41) is 0.509. The van der Waals surface area contributed by atoms with E-state index in [1.54, 1.807) is 0 Å². The van der Waals surface area contributed by atoms with Gasteiger partial charge in [-0.25, -0.2) is 4.79 Å². The van der Waals surface area contributed by atoms with Gasteiger partial charge in [0.2, 0.25) is 0 Å². The maximum atomic E-state index is 11.3. The highest BCUT2D eigenvalue weighted by atomic mass is 32.2. The lowest BCUT2D eigenvalue weighted by atomic mass is 10.1. The highest BCUT2D eigenvalue weighted by molar-refractivity contribution is 8.00. The van der Waals surface area contributed by atoms with Crippen molar-refractivity contribution in [3.8, 4) is 0 Å². The predicted octanol–water partition coefficient (Wildman–Crippen LogP) is 2.64. The molecule has 80 valence electrons. The third-order valence-electron chi connectivity index (χ3n) is 2.26. The third-order valence-corrected chi connectivity index (χ3v) is 3.78. The first-order chi connectivity index (χ1) is 6.63. The molecule has 1 fully saturated rings.